The van der Waals surface area contributed by atoms with Crippen LogP contribution < -0.4 is 0 Å². The Morgan fingerprint density at radius 3 is 2.27 bits per heavy atom. The van der Waals surface area contributed by atoms with Crippen LogP contribution in [0.1, 0.15) is 47.0 Å². The Labute approximate surface area is 160 Å². The van der Waals surface area contributed by atoms with Gasteiger partial charge in [-0.1, -0.05) is 39.9 Å². The van der Waals surface area contributed by atoms with Crippen LogP contribution >= 0.6 is 48.8 Å². The molecule has 0 aliphatic carbocycles. The van der Waals surface area contributed by atoms with E-state index in [-0.39, 0.29) is 4.75 Å². The van der Waals surface area contributed by atoms with Crippen molar-refractivity contribution in [2.45, 2.75) is 92.0 Å². The van der Waals surface area contributed by atoms with Crippen molar-refractivity contribution in [2.24, 2.45) is 5.92 Å². The molecule has 0 saturated carbocycles. The van der Waals surface area contributed by atoms with Gasteiger partial charge in [0.25, 0.3) is 0 Å². The zero-order chi connectivity index (χ0) is 17.1. The van der Waals surface area contributed by atoms with Gasteiger partial charge in [-0.05, 0) is 43.2 Å². The highest BCUT2D eigenvalue weighted by molar-refractivity contribution is 8.05. The predicted octanol–water partition coefficient (Wildman–Crippen LogP) is 6.28. The van der Waals surface area contributed by atoms with Gasteiger partial charge < -0.3 is 0 Å². The molecule has 1 aliphatic heterocycles. The number of hydrogen-bond donors (Lipinski definition) is 2. The van der Waals surface area contributed by atoms with E-state index < -0.39 is 8.07 Å². The third-order valence-corrected chi connectivity index (χ3v) is 14.3. The molecule has 5 heteroatoms. The summed E-state index contributed by atoms with van der Waals surface area (Å²) >= 11 is 14.1. The Morgan fingerprint density at radius 2 is 1.86 bits per heavy atom. The number of thioether (sulfide) groups is 2. The highest BCUT2D eigenvalue weighted by Crippen LogP contribution is 2.43. The number of thiol groups is 2. The molecular formula is C17H36S4Si. The van der Waals surface area contributed by atoms with Crippen LogP contribution in [0.15, 0.2) is 0 Å². The highest BCUT2D eigenvalue weighted by Gasteiger charge is 2.37. The molecule has 0 radical (unpaired) electrons. The van der Waals surface area contributed by atoms with Crippen molar-refractivity contribution in [3.8, 4) is 0 Å². The van der Waals surface area contributed by atoms with E-state index >= 15 is 0 Å². The standard InChI is InChI=1S/C17H36S4Si/c1-8-13(16(18)17(3,4)19)11-20-12(2)14-9-10-15(21-14)22(5,6)7/h12-16,18-19H,8-11H2,1-7H3/t12?,13-,14?,15?,16-/m0/s1. The van der Waals surface area contributed by atoms with Crippen LogP contribution in [0.5, 0.6) is 0 Å². The van der Waals surface area contributed by atoms with E-state index in [0.29, 0.717) is 11.2 Å². The minimum Gasteiger partial charge on any atom is -0.174 e. The van der Waals surface area contributed by atoms with E-state index in [1.165, 1.54) is 25.0 Å². The average Bonchev–Trinajstić information content (AvgIpc) is 2.87. The SMILES string of the molecule is CC[C@@H](CSC(C)C1CCC([Si](C)(C)C)S1)[C@H](S)C(C)(C)S. The van der Waals surface area contributed by atoms with Gasteiger partial charge in [0, 0.05) is 20.5 Å². The molecular weight excluding hydrogens is 361 g/mol. The molecule has 1 aliphatic rings. The summed E-state index contributed by atoms with van der Waals surface area (Å²) in [6.45, 7) is 16.7. The van der Waals surface area contributed by atoms with Gasteiger partial charge in [-0.2, -0.15) is 48.8 Å². The topological polar surface area (TPSA) is 0 Å². The maximum absolute atomic E-state index is 4.86. The Kier molecular flexibility index (Phi) is 8.68. The van der Waals surface area contributed by atoms with Gasteiger partial charge in [0.05, 0.1) is 8.07 Å². The molecule has 1 rings (SSSR count). The largest absolute Gasteiger partial charge is 0.174 e. The van der Waals surface area contributed by atoms with Gasteiger partial charge in [-0.15, -0.1) is 0 Å². The van der Waals surface area contributed by atoms with Crippen molar-refractivity contribution >= 4 is 56.9 Å². The molecule has 0 amide bonds. The highest BCUT2D eigenvalue weighted by atomic mass is 32.2. The molecule has 0 aromatic carbocycles. The summed E-state index contributed by atoms with van der Waals surface area (Å²) < 4.78 is -0.00136. The van der Waals surface area contributed by atoms with Gasteiger partial charge in [-0.3, -0.25) is 0 Å². The first kappa shape index (κ1) is 21.7. The molecule has 132 valence electrons. The van der Waals surface area contributed by atoms with E-state index in [2.05, 4.69) is 70.9 Å². The summed E-state index contributed by atoms with van der Waals surface area (Å²) in [5.41, 5.74) is 0. The van der Waals surface area contributed by atoms with Crippen LogP contribution in [0.25, 0.3) is 0 Å². The van der Waals surface area contributed by atoms with Crippen LogP contribution in [-0.4, -0.2) is 39.2 Å². The summed E-state index contributed by atoms with van der Waals surface area (Å²) in [4.78, 5) is 0.969. The lowest BCUT2D eigenvalue weighted by atomic mass is 9.95. The van der Waals surface area contributed by atoms with E-state index in [1.807, 2.05) is 0 Å². The Hall–Kier alpha value is 1.62. The molecule has 5 atom stereocenters. The van der Waals surface area contributed by atoms with E-state index in [0.717, 1.165) is 15.4 Å². The quantitative estimate of drug-likeness (QED) is 0.366. The second-order valence-electron chi connectivity index (χ2n) is 8.41. The van der Waals surface area contributed by atoms with Crippen LogP contribution in [0.2, 0.25) is 19.6 Å². The van der Waals surface area contributed by atoms with Gasteiger partial charge in [-0.25, -0.2) is 0 Å². The zero-order valence-electron chi connectivity index (χ0n) is 15.4. The van der Waals surface area contributed by atoms with Gasteiger partial charge in [0.1, 0.15) is 0 Å². The molecule has 1 saturated heterocycles. The first-order chi connectivity index (χ1) is 9.96. The van der Waals surface area contributed by atoms with Crippen molar-refractivity contribution < 1.29 is 0 Å². The summed E-state index contributed by atoms with van der Waals surface area (Å²) in [5, 5.41) is 2.00. The lowest BCUT2D eigenvalue weighted by molar-refractivity contribution is 0.483. The Balaban J connectivity index is 2.47. The molecule has 3 unspecified atom stereocenters. The summed E-state index contributed by atoms with van der Waals surface area (Å²) in [5.74, 6) is 1.88. The van der Waals surface area contributed by atoms with Crippen LogP contribution in [0, 0.1) is 5.92 Å². The van der Waals surface area contributed by atoms with Crippen molar-refractivity contribution in [2.75, 3.05) is 5.75 Å². The molecule has 0 spiro atoms. The fraction of sp³-hybridized carbons (Fsp3) is 1.00. The van der Waals surface area contributed by atoms with E-state index in [9.17, 15) is 0 Å². The first-order valence-corrected chi connectivity index (χ1v) is 15.2. The fourth-order valence-electron chi connectivity index (χ4n) is 3.04. The fourth-order valence-corrected chi connectivity index (χ4v) is 9.84. The first-order valence-electron chi connectivity index (χ1n) is 8.64. The summed E-state index contributed by atoms with van der Waals surface area (Å²) in [7, 11) is -0.975. The smallest absolute Gasteiger partial charge is 0.0587 e. The maximum Gasteiger partial charge on any atom is 0.0587 e. The third kappa shape index (κ3) is 6.49. The third-order valence-electron chi connectivity index (χ3n) is 4.81. The van der Waals surface area contributed by atoms with Crippen LogP contribution in [0.3, 0.4) is 0 Å². The molecule has 0 nitrogen and oxygen atoms in total. The Bertz CT molecular complexity index is 335. The summed E-state index contributed by atoms with van der Waals surface area (Å²) in [6, 6.07) is 0. The molecule has 0 bridgehead atoms. The molecule has 22 heavy (non-hydrogen) atoms. The minimum absolute atomic E-state index is 0.00136. The van der Waals surface area contributed by atoms with Crippen molar-refractivity contribution in [1.29, 1.82) is 0 Å². The Morgan fingerprint density at radius 1 is 1.27 bits per heavy atom. The van der Waals surface area contributed by atoms with Crippen molar-refractivity contribution in [3.63, 3.8) is 0 Å². The molecule has 1 heterocycles. The van der Waals surface area contributed by atoms with E-state index in [4.69, 9.17) is 25.3 Å². The van der Waals surface area contributed by atoms with E-state index in [1.54, 1.807) is 0 Å². The lowest BCUT2D eigenvalue weighted by Gasteiger charge is -2.33. The second-order valence-corrected chi connectivity index (χ2v) is 18.8. The second kappa shape index (κ2) is 8.82. The lowest BCUT2D eigenvalue weighted by Crippen LogP contribution is -2.35. The molecule has 0 N–H and O–H groups in total. The molecule has 1 fully saturated rings. The van der Waals surface area contributed by atoms with Crippen molar-refractivity contribution in [1.82, 2.24) is 0 Å². The molecule has 0 aromatic heterocycles. The zero-order valence-corrected chi connectivity index (χ0v) is 19.8. The monoisotopic (exact) mass is 396 g/mol. The number of rotatable bonds is 8. The molecule has 0 aromatic rings. The summed E-state index contributed by atoms with van der Waals surface area (Å²) in [6.07, 6.45) is 4.08. The van der Waals surface area contributed by atoms with Crippen LogP contribution in [0.4, 0.5) is 0 Å². The van der Waals surface area contributed by atoms with Gasteiger partial charge in [0.2, 0.25) is 0 Å². The van der Waals surface area contributed by atoms with Gasteiger partial charge >= 0.3 is 0 Å². The van der Waals surface area contributed by atoms with Crippen molar-refractivity contribution in [3.05, 3.63) is 0 Å². The van der Waals surface area contributed by atoms with Crippen LogP contribution in [-0.2, 0) is 0 Å². The minimum atomic E-state index is -0.975. The number of hydrogen-bond acceptors (Lipinski definition) is 4. The normalized spacial score (nSPS) is 27.7. The average molecular weight is 397 g/mol. The maximum atomic E-state index is 4.86. The predicted molar refractivity (Wildman–Crippen MR) is 119 cm³/mol. The van der Waals surface area contributed by atoms with Gasteiger partial charge in [0.15, 0.2) is 0 Å².